The van der Waals surface area contributed by atoms with Gasteiger partial charge < -0.3 is 0 Å². The van der Waals surface area contributed by atoms with E-state index in [-0.39, 0.29) is 62.6 Å². The van der Waals surface area contributed by atoms with Crippen molar-refractivity contribution in [3.8, 4) is 0 Å². The van der Waals surface area contributed by atoms with Crippen molar-refractivity contribution in [2.45, 2.75) is 25.7 Å². The van der Waals surface area contributed by atoms with Crippen molar-refractivity contribution in [3.05, 3.63) is 0 Å². The average Bonchev–Trinajstić information content (AvgIpc) is 0.722. The van der Waals surface area contributed by atoms with Crippen molar-refractivity contribution >= 4 is 34.3 Å². The minimum atomic E-state index is 0. The van der Waals surface area contributed by atoms with Gasteiger partial charge in [0, 0.05) is 0 Å². The zero-order chi connectivity index (χ0) is 2.83. The van der Waals surface area contributed by atoms with Crippen LogP contribution in [0.5, 0.6) is 0 Å². The van der Waals surface area contributed by atoms with Gasteiger partial charge in [0.2, 0.25) is 0 Å². The van der Waals surface area contributed by atoms with Crippen molar-refractivity contribution in [3.63, 3.8) is 0 Å². The number of hydrogen-bond donors (Lipinski definition) is 0. The molecule has 1 unspecified atom stereocenters. The maximum absolute atomic E-state index is 1.50. The molecule has 1 atom stereocenters. The van der Waals surface area contributed by atoms with Crippen molar-refractivity contribution < 1.29 is 28.2 Å². The summed E-state index contributed by atoms with van der Waals surface area (Å²) in [7, 11) is 0. The van der Waals surface area contributed by atoms with Crippen LogP contribution >= 0.6 is 9.90 Å². The molecule has 0 aliphatic heterocycles. The zero-order valence-electron chi connectivity index (χ0n) is 6.69. The molecule has 0 N–H and O–H groups in total. The molecular formula is C4H20F6PSb. The predicted octanol–water partition coefficient (Wildman–Crippen LogP) is 1.35. The van der Waals surface area contributed by atoms with E-state index >= 15 is 0 Å². The molecule has 0 radical (unpaired) electrons. The second-order valence-electron chi connectivity index (χ2n) is 1.41. The van der Waals surface area contributed by atoms with Gasteiger partial charge in [-0.3, -0.25) is 28.2 Å². The van der Waals surface area contributed by atoms with E-state index in [2.05, 4.69) is 0 Å². The van der Waals surface area contributed by atoms with Crippen LogP contribution in [0.2, 0.25) is 0 Å². The van der Waals surface area contributed by atoms with Crippen molar-refractivity contribution in [1.82, 2.24) is 0 Å². The Kier molecular flexibility index (Phi) is 382. The van der Waals surface area contributed by atoms with Crippen molar-refractivity contribution in [2.75, 3.05) is 0 Å². The monoisotopic (exact) mass is 334 g/mol. The van der Waals surface area contributed by atoms with E-state index in [0.717, 1.165) is 0 Å². The Morgan fingerprint density at radius 2 is 0.500 bits per heavy atom. The molecule has 0 bridgehead atoms. The van der Waals surface area contributed by atoms with Crippen LogP contribution in [0.25, 0.3) is 0 Å². The van der Waals surface area contributed by atoms with Crippen LogP contribution in [0, 0.1) is 0 Å². The Bertz CT molecular complexity index is 27.5. The average molecular weight is 335 g/mol. The van der Waals surface area contributed by atoms with Gasteiger partial charge in [0.1, 0.15) is 0 Å². The minimum absolute atomic E-state index is 0. The van der Waals surface area contributed by atoms with E-state index in [4.69, 9.17) is 0 Å². The van der Waals surface area contributed by atoms with Gasteiger partial charge in [0.05, 0.1) is 0 Å². The molecule has 0 aromatic carbocycles. The van der Waals surface area contributed by atoms with Crippen molar-refractivity contribution in [2.24, 2.45) is 0 Å². The van der Waals surface area contributed by atoms with Crippen LogP contribution in [-0.4, -0.2) is 24.4 Å². The predicted molar refractivity (Wildman–Crippen MR) is 54.5 cm³/mol. The van der Waals surface area contributed by atoms with Crippen molar-refractivity contribution in [1.29, 1.82) is 0 Å². The molecule has 0 heterocycles. The van der Waals surface area contributed by atoms with Crippen LogP contribution in [-0.2, 0) is 0 Å². The number of rotatable bonds is 0. The standard InChI is InChI=1S/C4H8.6FH.H3P.Sb.3H/c1-2-4-3-1;;;;;;;;;;;/h1-4H2;6*1H;1H3;;;;. The number of hydrogen-bond acceptors (Lipinski definition) is 0. The fourth-order valence-electron chi connectivity index (χ4n) is 0.250. The van der Waals surface area contributed by atoms with Crippen LogP contribution in [0.4, 0.5) is 28.2 Å². The SMILES string of the molecule is C1CCC1.F.F.F.F.F.F.P.[SbH3]. The van der Waals surface area contributed by atoms with Gasteiger partial charge in [0.25, 0.3) is 0 Å². The first-order chi connectivity index (χ1) is 2.00. The van der Waals surface area contributed by atoms with E-state index in [1.54, 1.807) is 0 Å². The van der Waals surface area contributed by atoms with Gasteiger partial charge in [-0.15, -0.1) is 0 Å². The summed E-state index contributed by atoms with van der Waals surface area (Å²) in [6, 6.07) is 0. The van der Waals surface area contributed by atoms with E-state index in [9.17, 15) is 0 Å². The van der Waals surface area contributed by atoms with Gasteiger partial charge in [-0.25, -0.2) is 0 Å². The Morgan fingerprint density at radius 3 is 0.500 bits per heavy atom. The summed E-state index contributed by atoms with van der Waals surface area (Å²) >= 11 is 0. The third-order valence-corrected chi connectivity index (χ3v) is 1.000. The zero-order valence-corrected chi connectivity index (χ0v) is 12.1. The molecule has 0 amide bonds. The van der Waals surface area contributed by atoms with Gasteiger partial charge in [0.15, 0.2) is 0 Å². The molecule has 1 fully saturated rings. The van der Waals surface area contributed by atoms with E-state index in [0.29, 0.717) is 0 Å². The molecule has 1 rings (SSSR count). The normalized spacial score (nSPS) is 8.00. The molecule has 8 heteroatoms. The molecule has 0 nitrogen and oxygen atoms in total. The fourth-order valence-corrected chi connectivity index (χ4v) is 0.250. The molecule has 88 valence electrons. The molecule has 1 aliphatic rings. The first kappa shape index (κ1) is 77.0. The molecule has 0 aromatic rings. The molecule has 0 aromatic heterocycles. The first-order valence-electron chi connectivity index (χ1n) is 2.00. The molecular weight excluding hydrogens is 315 g/mol. The van der Waals surface area contributed by atoms with E-state index in [1.807, 2.05) is 0 Å². The Labute approximate surface area is 88.5 Å². The Morgan fingerprint density at radius 1 is 0.417 bits per heavy atom. The summed E-state index contributed by atoms with van der Waals surface area (Å²) in [4.78, 5) is 0. The summed E-state index contributed by atoms with van der Waals surface area (Å²) in [5, 5.41) is 0. The third kappa shape index (κ3) is 44.9. The Balaban J connectivity index is -0.00000000333. The summed E-state index contributed by atoms with van der Waals surface area (Å²) in [5.41, 5.74) is 0. The summed E-state index contributed by atoms with van der Waals surface area (Å²) < 4.78 is 0. The second kappa shape index (κ2) is 59.5. The molecule has 1 saturated carbocycles. The Hall–Kier alpha value is 0.828. The van der Waals surface area contributed by atoms with Crippen LogP contribution in [0.1, 0.15) is 25.7 Å². The summed E-state index contributed by atoms with van der Waals surface area (Å²) in [5.74, 6) is 0. The van der Waals surface area contributed by atoms with Crippen LogP contribution < -0.4 is 0 Å². The van der Waals surface area contributed by atoms with Gasteiger partial charge >= 0.3 is 24.4 Å². The summed E-state index contributed by atoms with van der Waals surface area (Å²) in [6.45, 7) is 0. The third-order valence-electron chi connectivity index (χ3n) is 1.000. The first-order valence-corrected chi connectivity index (χ1v) is 2.00. The van der Waals surface area contributed by atoms with Gasteiger partial charge in [-0.2, -0.15) is 9.90 Å². The topological polar surface area (TPSA) is 0 Å². The van der Waals surface area contributed by atoms with E-state index in [1.165, 1.54) is 25.7 Å². The van der Waals surface area contributed by atoms with Gasteiger partial charge in [-0.05, 0) is 0 Å². The molecule has 1 aliphatic carbocycles. The van der Waals surface area contributed by atoms with Gasteiger partial charge in [-0.1, -0.05) is 25.7 Å². The van der Waals surface area contributed by atoms with Crippen LogP contribution in [0.3, 0.4) is 0 Å². The quantitative estimate of drug-likeness (QED) is 0.356. The second-order valence-corrected chi connectivity index (χ2v) is 1.41. The van der Waals surface area contributed by atoms with E-state index < -0.39 is 0 Å². The van der Waals surface area contributed by atoms with Crippen LogP contribution in [0.15, 0.2) is 0 Å². The molecule has 0 saturated heterocycles. The fraction of sp³-hybridized carbons (Fsp3) is 1.00. The summed E-state index contributed by atoms with van der Waals surface area (Å²) in [6.07, 6.45) is 6.00. The molecule has 0 spiro atoms. The molecule has 12 heavy (non-hydrogen) atoms. The maximum atomic E-state index is 1.50. The number of halogens is 6.